The third-order valence-electron chi connectivity index (χ3n) is 8.15. The molecule has 0 bridgehead atoms. The Bertz CT molecular complexity index is 900. The maximum Gasteiger partial charge on any atom is 0.0667 e. The Morgan fingerprint density at radius 2 is 1.94 bits per heavy atom. The van der Waals surface area contributed by atoms with Gasteiger partial charge in [-0.1, -0.05) is 31.9 Å². The van der Waals surface area contributed by atoms with Crippen LogP contribution in [-0.2, 0) is 12.8 Å². The fourth-order valence-electron chi connectivity index (χ4n) is 5.84. The van der Waals surface area contributed by atoms with Gasteiger partial charge in [0.25, 0.3) is 0 Å². The zero-order valence-electron chi connectivity index (χ0n) is 19.8. The molecule has 1 aromatic rings. The molecule has 2 heterocycles. The van der Waals surface area contributed by atoms with E-state index in [1.807, 2.05) is 6.08 Å². The highest BCUT2D eigenvalue weighted by Gasteiger charge is 2.35. The quantitative estimate of drug-likeness (QED) is 0.589. The third-order valence-corrected chi connectivity index (χ3v) is 8.15. The number of nitrogens with zero attached hydrogens (tertiary/aromatic N) is 2. The van der Waals surface area contributed by atoms with Crippen LogP contribution in [0.1, 0.15) is 75.0 Å². The first-order valence-electron chi connectivity index (χ1n) is 13.0. The van der Waals surface area contributed by atoms with Crippen molar-refractivity contribution in [3.63, 3.8) is 0 Å². The number of hydrogen-bond acceptors (Lipinski definition) is 4. The minimum atomic E-state index is 0.390. The molecule has 1 atom stereocenters. The van der Waals surface area contributed by atoms with Gasteiger partial charge in [-0.2, -0.15) is 0 Å². The summed E-state index contributed by atoms with van der Waals surface area (Å²) in [6, 6.07) is 5.63. The summed E-state index contributed by atoms with van der Waals surface area (Å²) in [6.45, 7) is 9.03. The number of allylic oxidation sites excluding steroid dienone is 2. The van der Waals surface area contributed by atoms with E-state index in [0.29, 0.717) is 18.0 Å². The number of fused-ring (bicyclic) bond motifs is 1. The first-order valence-corrected chi connectivity index (χ1v) is 13.0. The van der Waals surface area contributed by atoms with E-state index in [-0.39, 0.29) is 0 Å². The maximum atomic E-state index is 5.92. The highest BCUT2D eigenvalue weighted by Crippen LogP contribution is 2.45. The molecule has 2 aliphatic heterocycles. The number of benzene rings is 1. The van der Waals surface area contributed by atoms with Crippen LogP contribution in [0.2, 0.25) is 0 Å². The molecule has 4 aliphatic rings. The fourth-order valence-corrected chi connectivity index (χ4v) is 5.84. The molecular weight excluding hydrogens is 392 g/mol. The molecule has 4 heteroatoms. The first-order chi connectivity index (χ1) is 15.7. The van der Waals surface area contributed by atoms with Gasteiger partial charge in [0.05, 0.1) is 11.8 Å². The molecule has 172 valence electrons. The summed E-state index contributed by atoms with van der Waals surface area (Å²) in [5.74, 6) is 1.51. The molecule has 1 unspecified atom stereocenters. The lowest BCUT2D eigenvalue weighted by Gasteiger charge is -2.40. The molecule has 1 aromatic carbocycles. The molecule has 32 heavy (non-hydrogen) atoms. The van der Waals surface area contributed by atoms with Gasteiger partial charge in [0.15, 0.2) is 0 Å². The molecule has 2 saturated carbocycles. The van der Waals surface area contributed by atoms with Crippen LogP contribution in [0, 0.1) is 11.8 Å². The minimum absolute atomic E-state index is 0.390. The Labute approximate surface area is 194 Å². The zero-order chi connectivity index (χ0) is 22.1. The van der Waals surface area contributed by atoms with Gasteiger partial charge in [-0.05, 0) is 106 Å². The third kappa shape index (κ3) is 4.39. The van der Waals surface area contributed by atoms with Crippen molar-refractivity contribution >= 4 is 11.4 Å². The SMILES string of the molecule is C=C(C1CC1)N1c2ccc(C(C=CN)=NC3CCNCC3)c(CC3CCC3)c2CCC1C. The van der Waals surface area contributed by atoms with Crippen molar-refractivity contribution < 1.29 is 0 Å². The van der Waals surface area contributed by atoms with E-state index in [9.17, 15) is 0 Å². The summed E-state index contributed by atoms with van der Waals surface area (Å²) in [5, 5.41) is 3.46. The van der Waals surface area contributed by atoms with Crippen LogP contribution in [0.15, 0.2) is 41.7 Å². The second-order valence-corrected chi connectivity index (χ2v) is 10.5. The van der Waals surface area contributed by atoms with Crippen LogP contribution in [0.4, 0.5) is 5.69 Å². The number of anilines is 1. The second kappa shape index (κ2) is 9.43. The summed E-state index contributed by atoms with van der Waals surface area (Å²) < 4.78 is 0. The molecular formula is C28H40N4. The Kier molecular flexibility index (Phi) is 6.41. The molecule has 0 radical (unpaired) electrons. The van der Waals surface area contributed by atoms with Crippen molar-refractivity contribution in [3.05, 3.63) is 53.4 Å². The van der Waals surface area contributed by atoms with Gasteiger partial charge in [-0.25, -0.2) is 0 Å². The van der Waals surface area contributed by atoms with Crippen LogP contribution in [0.25, 0.3) is 0 Å². The summed E-state index contributed by atoms with van der Waals surface area (Å²) in [7, 11) is 0. The normalized spacial score (nSPS) is 25.1. The molecule has 3 fully saturated rings. The monoisotopic (exact) mass is 432 g/mol. The average molecular weight is 433 g/mol. The molecule has 1 saturated heterocycles. The number of rotatable bonds is 7. The van der Waals surface area contributed by atoms with Crippen molar-refractivity contribution in [2.24, 2.45) is 22.6 Å². The van der Waals surface area contributed by atoms with Crippen LogP contribution < -0.4 is 16.0 Å². The van der Waals surface area contributed by atoms with E-state index in [1.54, 1.807) is 17.3 Å². The van der Waals surface area contributed by atoms with Crippen molar-refractivity contribution in [1.29, 1.82) is 0 Å². The Hall–Kier alpha value is -2.07. The van der Waals surface area contributed by atoms with Crippen molar-refractivity contribution in [3.8, 4) is 0 Å². The van der Waals surface area contributed by atoms with Crippen LogP contribution in [0.5, 0.6) is 0 Å². The van der Waals surface area contributed by atoms with E-state index >= 15 is 0 Å². The van der Waals surface area contributed by atoms with E-state index < -0.39 is 0 Å². The number of piperidine rings is 1. The molecule has 2 aliphatic carbocycles. The van der Waals surface area contributed by atoms with Gasteiger partial charge in [0.1, 0.15) is 0 Å². The number of hydrogen-bond donors (Lipinski definition) is 2. The molecule has 0 amide bonds. The molecule has 4 nitrogen and oxygen atoms in total. The zero-order valence-corrected chi connectivity index (χ0v) is 19.8. The van der Waals surface area contributed by atoms with Gasteiger partial charge in [-0.3, -0.25) is 4.99 Å². The second-order valence-electron chi connectivity index (χ2n) is 10.5. The highest BCUT2D eigenvalue weighted by atomic mass is 15.2. The number of nitrogens with two attached hydrogens (primary N) is 1. The van der Waals surface area contributed by atoms with Crippen LogP contribution in [0.3, 0.4) is 0 Å². The van der Waals surface area contributed by atoms with Gasteiger partial charge >= 0.3 is 0 Å². The van der Waals surface area contributed by atoms with Gasteiger partial charge in [0, 0.05) is 23.0 Å². The average Bonchev–Trinajstić information content (AvgIpc) is 3.61. The lowest BCUT2D eigenvalue weighted by molar-refractivity contribution is 0.313. The van der Waals surface area contributed by atoms with Crippen LogP contribution in [-0.4, -0.2) is 30.9 Å². The standard InChI is InChI=1S/C28H40N4/c1-19-6-9-25-26(18-21-4-3-5-21)24(10-11-28(25)32(19)20(2)22-7-8-22)27(12-15-29)31-23-13-16-30-17-14-23/h10-12,15,19,21-23,30H,2-9,13-14,16-18,29H2,1H3. The summed E-state index contributed by atoms with van der Waals surface area (Å²) in [4.78, 5) is 7.82. The highest BCUT2D eigenvalue weighted by molar-refractivity contribution is 6.10. The van der Waals surface area contributed by atoms with Gasteiger partial charge < -0.3 is 16.0 Å². The van der Waals surface area contributed by atoms with Gasteiger partial charge in [-0.15, -0.1) is 0 Å². The van der Waals surface area contributed by atoms with Crippen LogP contribution >= 0.6 is 0 Å². The van der Waals surface area contributed by atoms with Crippen molar-refractivity contribution in [2.75, 3.05) is 18.0 Å². The fraction of sp³-hybridized carbons (Fsp3) is 0.607. The molecule has 0 aromatic heterocycles. The molecule has 0 spiro atoms. The number of aliphatic imine (C=N–C) groups is 1. The number of nitrogens with one attached hydrogen (secondary N) is 1. The smallest absolute Gasteiger partial charge is 0.0667 e. The Balaban J connectivity index is 1.57. The Morgan fingerprint density at radius 3 is 2.59 bits per heavy atom. The predicted octanol–water partition coefficient (Wildman–Crippen LogP) is 5.11. The van der Waals surface area contributed by atoms with E-state index in [0.717, 1.165) is 44.0 Å². The van der Waals surface area contributed by atoms with Crippen molar-refractivity contribution in [2.45, 2.75) is 83.2 Å². The predicted molar refractivity (Wildman–Crippen MR) is 135 cm³/mol. The van der Waals surface area contributed by atoms with E-state index in [1.165, 1.54) is 61.9 Å². The van der Waals surface area contributed by atoms with E-state index in [4.69, 9.17) is 10.7 Å². The van der Waals surface area contributed by atoms with Gasteiger partial charge in [0.2, 0.25) is 0 Å². The lowest BCUT2D eigenvalue weighted by atomic mass is 9.77. The van der Waals surface area contributed by atoms with E-state index in [2.05, 4.69) is 35.9 Å². The largest absolute Gasteiger partial charge is 0.405 e. The summed E-state index contributed by atoms with van der Waals surface area (Å²) >= 11 is 0. The van der Waals surface area contributed by atoms with Crippen molar-refractivity contribution in [1.82, 2.24) is 5.32 Å². The summed E-state index contributed by atoms with van der Waals surface area (Å²) in [5.41, 5.74) is 14.2. The molecule has 3 N–H and O–H groups in total. The first kappa shape index (κ1) is 21.8. The minimum Gasteiger partial charge on any atom is -0.405 e. The topological polar surface area (TPSA) is 53.6 Å². The molecule has 5 rings (SSSR count). The maximum absolute atomic E-state index is 5.92. The lowest BCUT2D eigenvalue weighted by Crippen LogP contribution is -2.37. The Morgan fingerprint density at radius 1 is 1.16 bits per heavy atom. The summed E-state index contributed by atoms with van der Waals surface area (Å²) in [6.07, 6.45) is 16.2.